The Labute approximate surface area is 196 Å². The molecule has 2 fully saturated rings. The van der Waals surface area contributed by atoms with Crippen LogP contribution in [0.1, 0.15) is 37.7 Å². The van der Waals surface area contributed by atoms with Gasteiger partial charge in [-0.3, -0.25) is 10.2 Å². The van der Waals surface area contributed by atoms with E-state index in [9.17, 15) is 14.7 Å². The zero-order chi connectivity index (χ0) is 24.1. The van der Waals surface area contributed by atoms with Crippen LogP contribution in [0.2, 0.25) is 0 Å². The van der Waals surface area contributed by atoms with Crippen LogP contribution in [-0.4, -0.2) is 70.8 Å². The molecule has 2 aromatic heterocycles. The molecule has 180 valence electrons. The SMILES string of the molecule is CC1(C)OC[C@H](COc2ccnc(NC(=O)N3c4nc(C(=O)O)ccc4N4CC[C@@]3(C)C4)c2)O1. The highest BCUT2D eigenvalue weighted by atomic mass is 16.7. The Morgan fingerprint density at radius 2 is 2.12 bits per heavy atom. The average molecular weight is 469 g/mol. The van der Waals surface area contributed by atoms with E-state index in [0.717, 1.165) is 18.7 Å². The number of ether oxygens (including phenoxy) is 3. The van der Waals surface area contributed by atoms with Gasteiger partial charge in [-0.1, -0.05) is 0 Å². The molecule has 2 N–H and O–H groups in total. The van der Waals surface area contributed by atoms with E-state index in [-0.39, 0.29) is 11.8 Å². The minimum absolute atomic E-state index is 0.113. The fourth-order valence-electron chi connectivity index (χ4n) is 4.67. The van der Waals surface area contributed by atoms with Crippen molar-refractivity contribution in [3.8, 4) is 5.75 Å². The maximum atomic E-state index is 13.4. The molecule has 0 spiro atoms. The van der Waals surface area contributed by atoms with Crippen molar-refractivity contribution in [1.82, 2.24) is 9.97 Å². The molecule has 34 heavy (non-hydrogen) atoms. The lowest BCUT2D eigenvalue weighted by molar-refractivity contribution is -0.141. The molecule has 3 aliphatic heterocycles. The first-order valence-corrected chi connectivity index (χ1v) is 11.1. The van der Waals surface area contributed by atoms with Crippen molar-refractivity contribution in [2.75, 3.05) is 41.4 Å². The van der Waals surface area contributed by atoms with Crippen LogP contribution in [0.4, 0.5) is 22.1 Å². The summed E-state index contributed by atoms with van der Waals surface area (Å²) in [6.07, 6.45) is 2.09. The van der Waals surface area contributed by atoms with Gasteiger partial charge in [0.15, 0.2) is 17.3 Å². The number of hydrogen-bond acceptors (Lipinski definition) is 8. The third-order valence-electron chi connectivity index (χ3n) is 6.29. The quantitative estimate of drug-likeness (QED) is 0.680. The number of aromatic carboxylic acids is 1. The van der Waals surface area contributed by atoms with Gasteiger partial charge in [0.2, 0.25) is 0 Å². The number of carbonyl (C=O) groups is 2. The summed E-state index contributed by atoms with van der Waals surface area (Å²) in [4.78, 5) is 37.2. The number of amides is 2. The average Bonchev–Trinajstić information content (AvgIpc) is 3.31. The summed E-state index contributed by atoms with van der Waals surface area (Å²) in [7, 11) is 0. The number of anilines is 3. The van der Waals surface area contributed by atoms with Gasteiger partial charge in [-0.15, -0.1) is 0 Å². The number of rotatable bonds is 5. The Kier molecular flexibility index (Phi) is 5.33. The summed E-state index contributed by atoms with van der Waals surface area (Å²) < 4.78 is 17.1. The normalized spacial score (nSPS) is 24.6. The van der Waals surface area contributed by atoms with Gasteiger partial charge in [-0.05, 0) is 45.4 Å². The van der Waals surface area contributed by atoms with E-state index in [1.165, 1.54) is 6.07 Å². The largest absolute Gasteiger partial charge is 0.491 e. The summed E-state index contributed by atoms with van der Waals surface area (Å²) >= 11 is 0. The predicted octanol–water partition coefficient (Wildman–Crippen LogP) is 2.73. The second-order valence-electron chi connectivity index (χ2n) is 9.42. The van der Waals surface area contributed by atoms with Gasteiger partial charge in [-0.2, -0.15) is 0 Å². The Morgan fingerprint density at radius 1 is 1.29 bits per heavy atom. The molecule has 0 radical (unpaired) electrons. The Hall–Kier alpha value is -3.44. The van der Waals surface area contributed by atoms with Crippen LogP contribution in [0.5, 0.6) is 5.75 Å². The zero-order valence-electron chi connectivity index (χ0n) is 19.3. The number of aromatic nitrogens is 2. The van der Waals surface area contributed by atoms with Crippen molar-refractivity contribution >= 4 is 29.3 Å². The molecule has 0 aliphatic carbocycles. The number of pyridine rings is 2. The summed E-state index contributed by atoms with van der Waals surface area (Å²) in [5.74, 6) is -0.602. The number of nitrogens with one attached hydrogen (secondary N) is 1. The topological polar surface area (TPSA) is 126 Å². The molecule has 2 aromatic rings. The molecule has 5 rings (SSSR count). The van der Waals surface area contributed by atoms with E-state index < -0.39 is 23.3 Å². The summed E-state index contributed by atoms with van der Waals surface area (Å²) in [5.41, 5.74) is 0.0985. The minimum Gasteiger partial charge on any atom is -0.491 e. The molecule has 2 atom stereocenters. The number of nitrogens with zero attached hydrogens (tertiary/aromatic N) is 4. The second kappa shape index (κ2) is 8.10. The van der Waals surface area contributed by atoms with Gasteiger partial charge in [0.25, 0.3) is 0 Å². The first-order chi connectivity index (χ1) is 16.1. The molecule has 11 heteroatoms. The monoisotopic (exact) mass is 469 g/mol. The molecule has 0 saturated carbocycles. The molecule has 0 aromatic carbocycles. The van der Waals surface area contributed by atoms with E-state index in [1.54, 1.807) is 29.3 Å². The Morgan fingerprint density at radius 3 is 2.85 bits per heavy atom. The smallest absolute Gasteiger partial charge is 0.354 e. The lowest BCUT2D eigenvalue weighted by Crippen LogP contribution is -2.56. The molecule has 5 heterocycles. The summed E-state index contributed by atoms with van der Waals surface area (Å²) in [6.45, 7) is 7.81. The predicted molar refractivity (Wildman–Crippen MR) is 123 cm³/mol. The van der Waals surface area contributed by atoms with Crippen molar-refractivity contribution in [2.45, 2.75) is 44.6 Å². The number of hydrogen-bond donors (Lipinski definition) is 2. The van der Waals surface area contributed by atoms with Gasteiger partial charge in [0.1, 0.15) is 24.3 Å². The first-order valence-electron chi connectivity index (χ1n) is 11.1. The van der Waals surface area contributed by atoms with Gasteiger partial charge in [-0.25, -0.2) is 19.6 Å². The number of urea groups is 1. The van der Waals surface area contributed by atoms with Crippen molar-refractivity contribution in [1.29, 1.82) is 0 Å². The number of carboxylic acid groups (broad SMARTS) is 1. The maximum absolute atomic E-state index is 13.4. The molecule has 0 unspecified atom stereocenters. The van der Waals surface area contributed by atoms with Crippen molar-refractivity contribution in [3.63, 3.8) is 0 Å². The molecule has 3 aliphatic rings. The minimum atomic E-state index is -1.15. The molecule has 2 bridgehead atoms. The second-order valence-corrected chi connectivity index (χ2v) is 9.42. The van der Waals surface area contributed by atoms with Crippen LogP contribution >= 0.6 is 0 Å². The highest BCUT2D eigenvalue weighted by Crippen LogP contribution is 2.44. The number of carboxylic acids is 1. The van der Waals surface area contributed by atoms with Gasteiger partial charge < -0.3 is 24.2 Å². The third kappa shape index (κ3) is 4.12. The van der Waals surface area contributed by atoms with Gasteiger partial charge in [0.05, 0.1) is 17.8 Å². The standard InChI is InChI=1S/C23H27N5O6/c1-22(2)33-12-15(34-22)11-32-14-6-8-24-18(10-14)26-21(31)28-19-17(5-4-16(25-19)20(29)30)27-9-7-23(28,3)13-27/h4-6,8,10,15H,7,9,11-13H2,1-3H3,(H,29,30)(H,24,26,31)/t15-,23-/m0/s1. The summed E-state index contributed by atoms with van der Waals surface area (Å²) in [5, 5.41) is 12.2. The van der Waals surface area contributed by atoms with Gasteiger partial charge in [0, 0.05) is 25.4 Å². The Bertz CT molecular complexity index is 1140. The fourth-order valence-corrected chi connectivity index (χ4v) is 4.67. The lowest BCUT2D eigenvalue weighted by atomic mass is 9.97. The number of carbonyl (C=O) groups excluding carboxylic acids is 1. The number of fused-ring (bicyclic) bond motifs is 4. The van der Waals surface area contributed by atoms with E-state index in [0.29, 0.717) is 37.1 Å². The van der Waals surface area contributed by atoms with Crippen LogP contribution in [0.3, 0.4) is 0 Å². The van der Waals surface area contributed by atoms with Gasteiger partial charge >= 0.3 is 12.0 Å². The maximum Gasteiger partial charge on any atom is 0.354 e. The van der Waals surface area contributed by atoms with Crippen LogP contribution in [0, 0.1) is 0 Å². The first kappa shape index (κ1) is 22.4. The van der Waals surface area contributed by atoms with Crippen molar-refractivity contribution in [2.24, 2.45) is 0 Å². The fraction of sp³-hybridized carbons (Fsp3) is 0.478. The van der Waals surface area contributed by atoms with Crippen LogP contribution in [0.15, 0.2) is 30.5 Å². The van der Waals surface area contributed by atoms with Crippen LogP contribution in [0.25, 0.3) is 0 Å². The molecule has 2 amide bonds. The summed E-state index contributed by atoms with van der Waals surface area (Å²) in [6, 6.07) is 6.07. The van der Waals surface area contributed by atoms with E-state index in [4.69, 9.17) is 14.2 Å². The van der Waals surface area contributed by atoms with Crippen molar-refractivity contribution in [3.05, 3.63) is 36.2 Å². The third-order valence-corrected chi connectivity index (χ3v) is 6.29. The van der Waals surface area contributed by atoms with Crippen LogP contribution in [-0.2, 0) is 9.47 Å². The van der Waals surface area contributed by atoms with E-state index in [2.05, 4.69) is 20.2 Å². The molecular weight excluding hydrogens is 442 g/mol. The molecule has 11 nitrogen and oxygen atoms in total. The van der Waals surface area contributed by atoms with E-state index >= 15 is 0 Å². The van der Waals surface area contributed by atoms with Crippen LogP contribution < -0.4 is 19.9 Å². The highest BCUT2D eigenvalue weighted by molar-refractivity contribution is 6.05. The molecular formula is C23H27N5O6. The van der Waals surface area contributed by atoms with Crippen molar-refractivity contribution < 1.29 is 28.9 Å². The van der Waals surface area contributed by atoms with E-state index in [1.807, 2.05) is 20.8 Å². The lowest BCUT2D eigenvalue weighted by Gasteiger charge is -2.42. The zero-order valence-corrected chi connectivity index (χ0v) is 19.3. The molecule has 2 saturated heterocycles. The Balaban J connectivity index is 1.34. The highest BCUT2D eigenvalue weighted by Gasteiger charge is 2.49.